The van der Waals surface area contributed by atoms with Crippen molar-refractivity contribution in [3.05, 3.63) is 54.9 Å². The van der Waals surface area contributed by atoms with Gasteiger partial charge >= 0.3 is 6.09 Å². The Morgan fingerprint density at radius 3 is 2.40 bits per heavy atom. The molecule has 1 saturated carbocycles. The second-order valence-electron chi connectivity index (χ2n) is 9.63. The molecule has 1 aromatic carbocycles. The first-order valence-electron chi connectivity index (χ1n) is 11.8. The number of ether oxygens (including phenoxy) is 2. The first-order valence-corrected chi connectivity index (χ1v) is 11.8. The van der Waals surface area contributed by atoms with Crippen LogP contribution in [0, 0.1) is 0 Å². The summed E-state index contributed by atoms with van der Waals surface area (Å²) in [6.07, 6.45) is 6.55. The van der Waals surface area contributed by atoms with Gasteiger partial charge in [-0.2, -0.15) is 0 Å². The molecule has 2 aromatic heterocycles. The minimum atomic E-state index is -0.501. The second kappa shape index (κ2) is 10.6. The number of carbonyl (C=O) groups excluding carboxylic acids is 1. The van der Waals surface area contributed by atoms with E-state index in [0.29, 0.717) is 29.0 Å². The lowest BCUT2D eigenvalue weighted by Gasteiger charge is -2.30. The lowest BCUT2D eigenvalue weighted by Crippen LogP contribution is -2.42. The van der Waals surface area contributed by atoms with Gasteiger partial charge in [0.1, 0.15) is 11.4 Å². The van der Waals surface area contributed by atoms with Crippen molar-refractivity contribution in [3.63, 3.8) is 0 Å². The molecule has 4 N–H and O–H groups in total. The van der Waals surface area contributed by atoms with Gasteiger partial charge in [-0.25, -0.2) is 19.7 Å². The first kappa shape index (κ1) is 24.3. The predicted octanol–water partition coefficient (Wildman–Crippen LogP) is 5.16. The molecule has 4 rings (SSSR count). The molecule has 1 fully saturated rings. The van der Waals surface area contributed by atoms with Gasteiger partial charge in [-0.3, -0.25) is 0 Å². The van der Waals surface area contributed by atoms with Crippen LogP contribution in [0.1, 0.15) is 46.5 Å². The molecule has 0 atom stereocenters. The van der Waals surface area contributed by atoms with Gasteiger partial charge < -0.3 is 25.8 Å². The fraction of sp³-hybridized carbons (Fsp3) is 0.385. The van der Waals surface area contributed by atoms with E-state index in [2.05, 4.69) is 20.6 Å². The number of anilines is 2. The van der Waals surface area contributed by atoms with Crippen molar-refractivity contribution in [2.75, 3.05) is 11.1 Å². The fourth-order valence-corrected chi connectivity index (χ4v) is 3.93. The van der Waals surface area contributed by atoms with Crippen LogP contribution in [0.4, 0.5) is 16.4 Å². The molecule has 3 aromatic rings. The molecule has 0 bridgehead atoms. The Hall–Kier alpha value is -3.88. The Bertz CT molecular complexity index is 1140. The maximum atomic E-state index is 12.0. The van der Waals surface area contributed by atoms with Gasteiger partial charge in [0.15, 0.2) is 0 Å². The first-order chi connectivity index (χ1) is 16.7. The zero-order chi connectivity index (χ0) is 24.8. The molecule has 1 amide bonds. The van der Waals surface area contributed by atoms with Crippen molar-refractivity contribution in [1.82, 2.24) is 20.3 Å². The van der Waals surface area contributed by atoms with Crippen molar-refractivity contribution in [3.8, 4) is 22.9 Å². The molecule has 1 aliphatic rings. The van der Waals surface area contributed by atoms with E-state index < -0.39 is 5.60 Å². The highest BCUT2D eigenvalue weighted by atomic mass is 16.6. The number of amides is 1. The number of nitrogens with zero attached hydrogens (tertiary/aromatic N) is 3. The summed E-state index contributed by atoms with van der Waals surface area (Å²) in [5.41, 5.74) is 7.41. The molecule has 1 aliphatic carbocycles. The normalized spacial score (nSPS) is 17.9. The molecular formula is C26H32N6O3. The van der Waals surface area contributed by atoms with Crippen LogP contribution in [0.25, 0.3) is 11.3 Å². The highest BCUT2D eigenvalue weighted by Crippen LogP contribution is 2.31. The van der Waals surface area contributed by atoms with Crippen molar-refractivity contribution in [2.24, 2.45) is 0 Å². The number of alkyl carbamates (subject to hydrolysis) is 1. The smallest absolute Gasteiger partial charge is 0.407 e. The molecule has 35 heavy (non-hydrogen) atoms. The fourth-order valence-electron chi connectivity index (χ4n) is 3.93. The quantitative estimate of drug-likeness (QED) is 0.417. The van der Waals surface area contributed by atoms with Crippen molar-refractivity contribution in [1.29, 1.82) is 0 Å². The zero-order valence-electron chi connectivity index (χ0n) is 20.3. The number of rotatable bonds is 6. The molecule has 0 aliphatic heterocycles. The van der Waals surface area contributed by atoms with E-state index >= 15 is 0 Å². The number of nitrogen functional groups attached to an aromatic ring is 1. The van der Waals surface area contributed by atoms with Crippen LogP contribution in [0.15, 0.2) is 54.9 Å². The van der Waals surface area contributed by atoms with Gasteiger partial charge in [-0.05, 0) is 88.9 Å². The van der Waals surface area contributed by atoms with Gasteiger partial charge in [0.2, 0.25) is 11.8 Å². The summed E-state index contributed by atoms with van der Waals surface area (Å²) in [5.74, 6) is 1.65. The van der Waals surface area contributed by atoms with Gasteiger partial charge in [0.25, 0.3) is 0 Å². The Balaban J connectivity index is 1.37. The van der Waals surface area contributed by atoms with Crippen LogP contribution in [0.3, 0.4) is 0 Å². The summed E-state index contributed by atoms with van der Waals surface area (Å²) in [6, 6.07) is 13.1. The average Bonchev–Trinajstić information content (AvgIpc) is 2.81. The van der Waals surface area contributed by atoms with Crippen molar-refractivity contribution < 1.29 is 14.3 Å². The molecule has 2 heterocycles. The monoisotopic (exact) mass is 476 g/mol. The highest BCUT2D eigenvalue weighted by molar-refractivity contribution is 5.68. The summed E-state index contributed by atoms with van der Waals surface area (Å²) in [4.78, 5) is 25.5. The number of hydrogen-bond acceptors (Lipinski definition) is 8. The maximum absolute atomic E-state index is 12.0. The van der Waals surface area contributed by atoms with Crippen LogP contribution in [0.5, 0.6) is 11.6 Å². The summed E-state index contributed by atoms with van der Waals surface area (Å²) in [7, 11) is 0. The van der Waals surface area contributed by atoms with E-state index in [0.717, 1.165) is 31.2 Å². The predicted molar refractivity (Wildman–Crippen MR) is 135 cm³/mol. The molecule has 0 saturated heterocycles. The number of carbonyl (C=O) groups is 1. The highest BCUT2D eigenvalue weighted by Gasteiger charge is 2.25. The third-order valence-corrected chi connectivity index (χ3v) is 5.58. The molecule has 0 radical (unpaired) electrons. The molecule has 0 unspecified atom stereocenters. The SMILES string of the molecule is CC(C)(C)OC(=O)NC1CCC(Nc2nccc(-c3cccnc3Oc3ccc(N)cc3)n2)CC1. The number of nitrogens with two attached hydrogens (primary N) is 1. The lowest BCUT2D eigenvalue weighted by molar-refractivity contribution is 0.0492. The second-order valence-corrected chi connectivity index (χ2v) is 9.63. The lowest BCUT2D eigenvalue weighted by atomic mass is 9.91. The number of aromatic nitrogens is 3. The van der Waals surface area contributed by atoms with E-state index in [-0.39, 0.29) is 18.2 Å². The minimum Gasteiger partial charge on any atom is -0.444 e. The van der Waals surface area contributed by atoms with E-state index in [9.17, 15) is 4.79 Å². The Kier molecular flexibility index (Phi) is 7.33. The van der Waals surface area contributed by atoms with Crippen LogP contribution in [-0.4, -0.2) is 38.7 Å². The maximum Gasteiger partial charge on any atom is 0.407 e. The molecule has 0 spiro atoms. The largest absolute Gasteiger partial charge is 0.444 e. The van der Waals surface area contributed by atoms with E-state index in [1.165, 1.54) is 0 Å². The summed E-state index contributed by atoms with van der Waals surface area (Å²) in [5, 5.41) is 6.41. The van der Waals surface area contributed by atoms with Crippen LogP contribution in [-0.2, 0) is 4.74 Å². The molecule has 184 valence electrons. The van der Waals surface area contributed by atoms with Crippen molar-refractivity contribution in [2.45, 2.75) is 64.1 Å². The Labute approximate surface area is 205 Å². The third kappa shape index (κ3) is 7.05. The summed E-state index contributed by atoms with van der Waals surface area (Å²) in [6.45, 7) is 5.58. The summed E-state index contributed by atoms with van der Waals surface area (Å²) < 4.78 is 11.4. The van der Waals surface area contributed by atoms with Crippen LogP contribution < -0.4 is 21.1 Å². The summed E-state index contributed by atoms with van der Waals surface area (Å²) >= 11 is 0. The van der Waals surface area contributed by atoms with Crippen LogP contribution >= 0.6 is 0 Å². The molecular weight excluding hydrogens is 444 g/mol. The number of hydrogen-bond donors (Lipinski definition) is 3. The zero-order valence-corrected chi connectivity index (χ0v) is 20.3. The topological polar surface area (TPSA) is 124 Å². The van der Waals surface area contributed by atoms with Gasteiger partial charge in [-0.1, -0.05) is 0 Å². The minimum absolute atomic E-state index is 0.110. The third-order valence-electron chi connectivity index (χ3n) is 5.58. The number of pyridine rings is 1. The number of benzene rings is 1. The van der Waals surface area contributed by atoms with Crippen molar-refractivity contribution >= 4 is 17.7 Å². The van der Waals surface area contributed by atoms with Crippen LogP contribution in [0.2, 0.25) is 0 Å². The molecule has 9 nitrogen and oxygen atoms in total. The van der Waals surface area contributed by atoms with Gasteiger partial charge in [0.05, 0.1) is 11.3 Å². The number of nitrogens with one attached hydrogen (secondary N) is 2. The molecule has 9 heteroatoms. The van der Waals surface area contributed by atoms with E-state index in [1.54, 1.807) is 36.7 Å². The average molecular weight is 477 g/mol. The van der Waals surface area contributed by atoms with Gasteiger partial charge in [-0.15, -0.1) is 0 Å². The van der Waals surface area contributed by atoms with Gasteiger partial charge in [0, 0.05) is 30.2 Å². The standard InChI is InChI=1S/C26H32N6O3/c1-26(2,3)35-25(33)31-19-10-8-18(9-11-19)30-24-29-16-14-22(32-24)21-5-4-15-28-23(21)34-20-12-6-17(27)7-13-20/h4-7,12-16,18-19H,8-11,27H2,1-3H3,(H,31,33)(H,29,30,32). The van der Waals surface area contributed by atoms with E-state index in [4.69, 9.17) is 20.2 Å². The Morgan fingerprint density at radius 2 is 1.69 bits per heavy atom. The van der Waals surface area contributed by atoms with E-state index in [1.807, 2.05) is 39.0 Å². The Morgan fingerprint density at radius 1 is 0.971 bits per heavy atom.